The maximum absolute atomic E-state index is 13.2. The molecular formula is C26H28N2O6S. The quantitative estimate of drug-likeness (QED) is 0.375. The van der Waals surface area contributed by atoms with Crippen molar-refractivity contribution < 1.29 is 22.6 Å². The molecule has 0 aliphatic carbocycles. The molecule has 0 spiro atoms. The molecule has 0 bridgehead atoms. The average Bonchev–Trinajstić information content (AvgIpc) is 3.16. The van der Waals surface area contributed by atoms with E-state index in [1.54, 1.807) is 25.3 Å². The number of sulfone groups is 1. The number of imidazole rings is 1. The molecule has 1 unspecified atom stereocenters. The number of H-pyrrole nitrogens is 1. The normalized spacial score (nSPS) is 12.5. The lowest BCUT2D eigenvalue weighted by Gasteiger charge is -2.20. The summed E-state index contributed by atoms with van der Waals surface area (Å²) in [6, 6.07) is 17.6. The van der Waals surface area contributed by atoms with Gasteiger partial charge in [-0.1, -0.05) is 30.3 Å². The highest BCUT2D eigenvalue weighted by molar-refractivity contribution is 7.90. The maximum Gasteiger partial charge on any atom is 0.327 e. The summed E-state index contributed by atoms with van der Waals surface area (Å²) in [5.41, 5.74) is 3.16. The van der Waals surface area contributed by atoms with Crippen molar-refractivity contribution in [2.45, 2.75) is 13.0 Å². The van der Waals surface area contributed by atoms with E-state index < -0.39 is 21.6 Å². The summed E-state index contributed by atoms with van der Waals surface area (Å²) in [7, 11) is -0.301. The molecule has 4 aromatic rings. The molecule has 3 aromatic carbocycles. The van der Waals surface area contributed by atoms with Crippen LogP contribution >= 0.6 is 0 Å². The molecule has 1 aromatic heterocycles. The third-order valence-corrected chi connectivity index (χ3v) is 6.70. The third kappa shape index (κ3) is 5.05. The van der Waals surface area contributed by atoms with Gasteiger partial charge in [-0.25, -0.2) is 13.2 Å². The molecule has 8 nitrogen and oxygen atoms in total. The van der Waals surface area contributed by atoms with Crippen LogP contribution in [0, 0.1) is 0 Å². The van der Waals surface area contributed by atoms with Crippen molar-refractivity contribution in [3.63, 3.8) is 0 Å². The summed E-state index contributed by atoms with van der Waals surface area (Å²) in [4.78, 5) is 16.1. The number of aromatic nitrogens is 2. The number of hydrogen-bond donors (Lipinski definition) is 1. The zero-order chi connectivity index (χ0) is 25.2. The van der Waals surface area contributed by atoms with E-state index in [1.165, 1.54) is 11.7 Å². The molecule has 0 saturated heterocycles. The minimum Gasteiger partial charge on any atom is -0.496 e. The van der Waals surface area contributed by atoms with E-state index in [4.69, 9.17) is 14.2 Å². The molecule has 35 heavy (non-hydrogen) atoms. The molecule has 0 aliphatic heterocycles. The van der Waals surface area contributed by atoms with Crippen molar-refractivity contribution >= 4 is 20.9 Å². The Hall–Kier alpha value is -3.72. The molecule has 0 radical (unpaired) electrons. The summed E-state index contributed by atoms with van der Waals surface area (Å²) >= 11 is 0. The number of nitrogens with one attached hydrogen (secondary N) is 1. The van der Waals surface area contributed by atoms with Gasteiger partial charge in [0.25, 0.3) is 0 Å². The van der Waals surface area contributed by atoms with Crippen LogP contribution in [0.3, 0.4) is 0 Å². The Bertz CT molecular complexity index is 1520. The Kier molecular flexibility index (Phi) is 6.88. The van der Waals surface area contributed by atoms with E-state index in [9.17, 15) is 13.2 Å². The Morgan fingerprint density at radius 1 is 0.943 bits per heavy atom. The molecule has 0 amide bonds. The molecule has 0 fully saturated rings. The van der Waals surface area contributed by atoms with Crippen LogP contribution in [0.25, 0.3) is 22.2 Å². The number of benzene rings is 3. The van der Waals surface area contributed by atoms with Crippen molar-refractivity contribution in [2.24, 2.45) is 0 Å². The second-order valence-corrected chi connectivity index (χ2v) is 10.4. The topological polar surface area (TPSA) is 99.6 Å². The fourth-order valence-electron chi connectivity index (χ4n) is 4.27. The van der Waals surface area contributed by atoms with Gasteiger partial charge in [-0.05, 0) is 48.4 Å². The van der Waals surface area contributed by atoms with Crippen LogP contribution in [0.5, 0.6) is 17.2 Å². The predicted octanol–water partition coefficient (Wildman–Crippen LogP) is 4.05. The number of aromatic amines is 1. The standard InChI is InChI=1S/C26H28N2O6S/c1-5-34-25-15-18(11-13-24(25)33-3)22(16-35(4,30)31)28-21-12-10-17(14-20(21)27-26(28)29)19-8-6-7-9-23(19)32-2/h6-15,22H,5,16H2,1-4H3,(H,27,29). The van der Waals surface area contributed by atoms with Crippen LogP contribution in [-0.4, -0.2) is 50.8 Å². The number of nitrogens with zero attached hydrogens (tertiary/aromatic N) is 1. The highest BCUT2D eigenvalue weighted by Crippen LogP contribution is 2.34. The second kappa shape index (κ2) is 9.87. The van der Waals surface area contributed by atoms with Gasteiger partial charge in [-0.2, -0.15) is 0 Å². The first-order valence-electron chi connectivity index (χ1n) is 11.1. The summed E-state index contributed by atoms with van der Waals surface area (Å²) in [5.74, 6) is 1.47. The monoisotopic (exact) mass is 496 g/mol. The summed E-state index contributed by atoms with van der Waals surface area (Å²) in [6.45, 7) is 2.26. The lowest BCUT2D eigenvalue weighted by molar-refractivity contribution is 0.310. The summed E-state index contributed by atoms with van der Waals surface area (Å²) in [6.07, 6.45) is 1.16. The van der Waals surface area contributed by atoms with E-state index in [0.29, 0.717) is 40.5 Å². The van der Waals surface area contributed by atoms with Crippen molar-refractivity contribution in [2.75, 3.05) is 32.8 Å². The largest absolute Gasteiger partial charge is 0.496 e. The Labute approximate surface area is 204 Å². The summed E-state index contributed by atoms with van der Waals surface area (Å²) < 4.78 is 42.8. The number of ether oxygens (including phenoxy) is 3. The lowest BCUT2D eigenvalue weighted by Crippen LogP contribution is -2.28. The Balaban J connectivity index is 1.88. The molecule has 9 heteroatoms. The first kappa shape index (κ1) is 24.4. The van der Waals surface area contributed by atoms with E-state index in [1.807, 2.05) is 49.4 Å². The van der Waals surface area contributed by atoms with Gasteiger partial charge in [0.2, 0.25) is 0 Å². The maximum atomic E-state index is 13.2. The van der Waals surface area contributed by atoms with Gasteiger partial charge in [-0.15, -0.1) is 0 Å². The van der Waals surface area contributed by atoms with Crippen molar-refractivity contribution in [3.05, 3.63) is 76.7 Å². The van der Waals surface area contributed by atoms with Crippen LogP contribution in [-0.2, 0) is 9.84 Å². The smallest absolute Gasteiger partial charge is 0.327 e. The first-order valence-corrected chi connectivity index (χ1v) is 13.2. The number of para-hydroxylation sites is 1. The molecular weight excluding hydrogens is 468 g/mol. The molecule has 0 aliphatic rings. The van der Waals surface area contributed by atoms with Crippen LogP contribution in [0.15, 0.2) is 65.5 Å². The minimum absolute atomic E-state index is 0.258. The van der Waals surface area contributed by atoms with Gasteiger partial charge >= 0.3 is 5.69 Å². The zero-order valence-electron chi connectivity index (χ0n) is 20.1. The third-order valence-electron chi connectivity index (χ3n) is 5.78. The van der Waals surface area contributed by atoms with Crippen LogP contribution in [0.2, 0.25) is 0 Å². The fraction of sp³-hybridized carbons (Fsp3) is 0.269. The van der Waals surface area contributed by atoms with Crippen molar-refractivity contribution in [3.8, 4) is 28.4 Å². The molecule has 0 saturated carbocycles. The number of hydrogen-bond acceptors (Lipinski definition) is 6. The van der Waals surface area contributed by atoms with E-state index in [2.05, 4.69) is 4.98 Å². The first-order chi connectivity index (χ1) is 16.8. The second-order valence-electron chi connectivity index (χ2n) is 8.18. The summed E-state index contributed by atoms with van der Waals surface area (Å²) in [5, 5.41) is 0. The van der Waals surface area contributed by atoms with E-state index >= 15 is 0 Å². The van der Waals surface area contributed by atoms with E-state index in [-0.39, 0.29) is 5.75 Å². The molecule has 1 atom stereocenters. The zero-order valence-corrected chi connectivity index (χ0v) is 20.9. The minimum atomic E-state index is -3.45. The fourth-order valence-corrected chi connectivity index (χ4v) is 5.18. The molecule has 4 rings (SSSR count). The van der Waals surface area contributed by atoms with Gasteiger partial charge in [0, 0.05) is 11.8 Å². The van der Waals surface area contributed by atoms with E-state index in [0.717, 1.165) is 17.4 Å². The molecule has 184 valence electrons. The van der Waals surface area contributed by atoms with Crippen molar-refractivity contribution in [1.29, 1.82) is 0 Å². The van der Waals surface area contributed by atoms with Crippen LogP contribution < -0.4 is 19.9 Å². The van der Waals surface area contributed by atoms with Gasteiger partial charge < -0.3 is 19.2 Å². The Morgan fingerprint density at radius 3 is 2.37 bits per heavy atom. The highest BCUT2D eigenvalue weighted by atomic mass is 32.2. The van der Waals surface area contributed by atoms with Crippen LogP contribution in [0.4, 0.5) is 0 Å². The predicted molar refractivity (Wildman–Crippen MR) is 137 cm³/mol. The SMILES string of the molecule is CCOc1cc(C(CS(C)(=O)=O)n2c(=O)[nH]c3cc(-c4ccccc4OC)ccc32)ccc1OC. The number of methoxy groups -OCH3 is 2. The van der Waals surface area contributed by atoms with Crippen molar-refractivity contribution in [1.82, 2.24) is 9.55 Å². The highest BCUT2D eigenvalue weighted by Gasteiger charge is 2.25. The van der Waals surface area contributed by atoms with Gasteiger partial charge in [0.1, 0.15) is 15.6 Å². The Morgan fingerprint density at radius 2 is 1.69 bits per heavy atom. The lowest BCUT2D eigenvalue weighted by atomic mass is 10.0. The van der Waals surface area contributed by atoms with Gasteiger partial charge in [0.05, 0.1) is 43.7 Å². The number of fused-ring (bicyclic) bond motifs is 1. The molecule has 1 heterocycles. The van der Waals surface area contributed by atoms with Gasteiger partial charge in [0.15, 0.2) is 11.5 Å². The van der Waals surface area contributed by atoms with Gasteiger partial charge in [-0.3, -0.25) is 4.57 Å². The van der Waals surface area contributed by atoms with Crippen LogP contribution in [0.1, 0.15) is 18.5 Å². The average molecular weight is 497 g/mol. The molecule has 1 N–H and O–H groups in total. The number of rotatable bonds is 9.